The zero-order valence-corrected chi connectivity index (χ0v) is 14.7. The molecule has 0 aromatic carbocycles. The summed E-state index contributed by atoms with van der Waals surface area (Å²) in [7, 11) is 0. The third kappa shape index (κ3) is 22.3. The SMILES string of the molecule is NCCOCCOCCOCCOCC=O.[CH3-].[K+]. The summed E-state index contributed by atoms with van der Waals surface area (Å²) in [6.45, 7) is 4.26. The summed E-state index contributed by atoms with van der Waals surface area (Å²) < 4.78 is 20.4. The van der Waals surface area contributed by atoms with Crippen molar-refractivity contribution in [2.45, 2.75) is 0 Å². The van der Waals surface area contributed by atoms with Crippen LogP contribution < -0.4 is 57.1 Å². The molecule has 0 aromatic heterocycles. The first-order chi connectivity index (χ1) is 7.91. The van der Waals surface area contributed by atoms with E-state index < -0.39 is 0 Å². The Bertz CT molecular complexity index is 151. The van der Waals surface area contributed by atoms with Gasteiger partial charge in [-0.05, 0) is 0 Å². The first kappa shape index (κ1) is 24.1. The van der Waals surface area contributed by atoms with Crippen LogP contribution in [0.15, 0.2) is 0 Å². The van der Waals surface area contributed by atoms with Gasteiger partial charge in [0.05, 0.1) is 46.2 Å². The van der Waals surface area contributed by atoms with E-state index in [0.717, 1.165) is 0 Å². The number of carbonyl (C=O) groups excluding carboxylic acids is 1. The molecule has 0 aliphatic rings. The van der Waals surface area contributed by atoms with Crippen molar-refractivity contribution < 1.29 is 75.1 Å². The summed E-state index contributed by atoms with van der Waals surface area (Å²) in [6.07, 6.45) is 0.713. The van der Waals surface area contributed by atoms with Crippen LogP contribution in [0, 0.1) is 7.43 Å². The van der Waals surface area contributed by atoms with Crippen molar-refractivity contribution >= 4 is 6.29 Å². The van der Waals surface area contributed by atoms with Crippen molar-refractivity contribution in [3.8, 4) is 0 Å². The summed E-state index contributed by atoms with van der Waals surface area (Å²) in [5.41, 5.74) is 5.24. The first-order valence-electron chi connectivity index (χ1n) is 5.36. The van der Waals surface area contributed by atoms with Gasteiger partial charge in [-0.3, -0.25) is 0 Å². The van der Waals surface area contributed by atoms with Crippen molar-refractivity contribution in [2.75, 3.05) is 59.4 Å². The maximum Gasteiger partial charge on any atom is 1.00 e. The third-order valence-electron chi connectivity index (χ3n) is 1.56. The van der Waals surface area contributed by atoms with Crippen LogP contribution in [0.5, 0.6) is 0 Å². The molecule has 0 amide bonds. The van der Waals surface area contributed by atoms with Crippen LogP contribution >= 0.6 is 0 Å². The Morgan fingerprint density at radius 3 is 1.56 bits per heavy atom. The normalized spacial score (nSPS) is 9.39. The average Bonchev–Trinajstić information content (AvgIpc) is 2.31. The standard InChI is InChI=1S/C10H21NO5.CH3.K/c11-1-3-13-5-7-15-9-10-16-8-6-14-4-2-12;;/h2H,1,3-11H2;1H3;/q;-1;+1. The van der Waals surface area contributed by atoms with Gasteiger partial charge in [0.1, 0.15) is 12.9 Å². The summed E-state index contributed by atoms with van der Waals surface area (Å²) in [6, 6.07) is 0. The first-order valence-corrected chi connectivity index (χ1v) is 5.36. The summed E-state index contributed by atoms with van der Waals surface area (Å²) >= 11 is 0. The van der Waals surface area contributed by atoms with E-state index in [1.807, 2.05) is 0 Å². The third-order valence-corrected chi connectivity index (χ3v) is 1.56. The molecule has 6 nitrogen and oxygen atoms in total. The minimum Gasteiger partial charge on any atom is -0.378 e. The van der Waals surface area contributed by atoms with Crippen molar-refractivity contribution in [1.29, 1.82) is 0 Å². The quantitative estimate of drug-likeness (QED) is 0.165. The number of carbonyl (C=O) groups is 1. The van der Waals surface area contributed by atoms with E-state index in [-0.39, 0.29) is 65.4 Å². The van der Waals surface area contributed by atoms with E-state index in [9.17, 15) is 4.79 Å². The van der Waals surface area contributed by atoms with Crippen LogP contribution in [-0.4, -0.2) is 65.7 Å². The number of nitrogens with two attached hydrogens (primary N) is 1. The molecule has 0 aliphatic heterocycles. The number of hydrogen-bond acceptors (Lipinski definition) is 6. The van der Waals surface area contributed by atoms with E-state index in [4.69, 9.17) is 24.7 Å². The number of aldehydes is 1. The van der Waals surface area contributed by atoms with Crippen molar-refractivity contribution in [1.82, 2.24) is 0 Å². The van der Waals surface area contributed by atoms with E-state index in [2.05, 4.69) is 0 Å². The van der Waals surface area contributed by atoms with Gasteiger partial charge in [-0.25, -0.2) is 0 Å². The fourth-order valence-electron chi connectivity index (χ4n) is 0.875. The molecule has 104 valence electrons. The molecule has 0 rings (SSSR count). The van der Waals surface area contributed by atoms with Gasteiger partial charge < -0.3 is 36.9 Å². The van der Waals surface area contributed by atoms with Gasteiger partial charge in [-0.2, -0.15) is 0 Å². The maximum atomic E-state index is 9.88. The second kappa shape index (κ2) is 23.2. The van der Waals surface area contributed by atoms with E-state index in [1.54, 1.807) is 0 Å². The molecule has 0 atom stereocenters. The molecular formula is C11H24KNO5. The Labute approximate surface area is 152 Å². The Morgan fingerprint density at radius 2 is 1.17 bits per heavy atom. The molecular weight excluding hydrogens is 265 g/mol. The van der Waals surface area contributed by atoms with Crippen molar-refractivity contribution in [3.63, 3.8) is 0 Å². The van der Waals surface area contributed by atoms with Gasteiger partial charge in [0.2, 0.25) is 0 Å². The molecule has 0 heterocycles. The second-order valence-electron chi connectivity index (χ2n) is 2.87. The minimum atomic E-state index is 0. The Kier molecular flexibility index (Phi) is 31.1. The minimum absolute atomic E-state index is 0. The van der Waals surface area contributed by atoms with Crippen LogP contribution in [-0.2, 0) is 23.7 Å². The Balaban J connectivity index is -0.00000112. The van der Waals surface area contributed by atoms with Gasteiger partial charge >= 0.3 is 51.4 Å². The van der Waals surface area contributed by atoms with Gasteiger partial charge in [0.25, 0.3) is 0 Å². The molecule has 18 heavy (non-hydrogen) atoms. The van der Waals surface area contributed by atoms with E-state index >= 15 is 0 Å². The largest absolute Gasteiger partial charge is 1.00 e. The van der Waals surface area contributed by atoms with Gasteiger partial charge in [0, 0.05) is 6.54 Å². The maximum absolute atomic E-state index is 9.88. The van der Waals surface area contributed by atoms with E-state index in [1.165, 1.54) is 0 Å². The van der Waals surface area contributed by atoms with Crippen LogP contribution in [0.3, 0.4) is 0 Å². The van der Waals surface area contributed by atoms with Gasteiger partial charge in [-0.15, -0.1) is 0 Å². The fraction of sp³-hybridized carbons (Fsp3) is 0.818. The zero-order valence-electron chi connectivity index (χ0n) is 11.6. The zero-order chi connectivity index (χ0) is 11.9. The molecule has 0 saturated carbocycles. The number of rotatable bonds is 13. The summed E-state index contributed by atoms with van der Waals surface area (Å²) in [5, 5.41) is 0. The van der Waals surface area contributed by atoms with Crippen molar-refractivity contribution in [3.05, 3.63) is 7.43 Å². The Hall–Kier alpha value is 1.11. The van der Waals surface area contributed by atoms with Gasteiger partial charge in [0.15, 0.2) is 0 Å². The fourth-order valence-corrected chi connectivity index (χ4v) is 0.875. The molecule has 0 bridgehead atoms. The molecule has 0 saturated heterocycles. The molecule has 0 unspecified atom stereocenters. The van der Waals surface area contributed by atoms with Crippen LogP contribution in [0.2, 0.25) is 0 Å². The number of ether oxygens (including phenoxy) is 4. The predicted molar refractivity (Wildman–Crippen MR) is 64.8 cm³/mol. The average molecular weight is 289 g/mol. The Morgan fingerprint density at radius 1 is 0.778 bits per heavy atom. The van der Waals surface area contributed by atoms with Crippen LogP contribution in [0.1, 0.15) is 0 Å². The molecule has 0 radical (unpaired) electrons. The van der Waals surface area contributed by atoms with Crippen LogP contribution in [0.25, 0.3) is 0 Å². The van der Waals surface area contributed by atoms with Gasteiger partial charge in [-0.1, -0.05) is 0 Å². The monoisotopic (exact) mass is 289 g/mol. The smallest absolute Gasteiger partial charge is 0.378 e. The van der Waals surface area contributed by atoms with E-state index in [0.29, 0.717) is 59.1 Å². The number of hydrogen-bond donors (Lipinski definition) is 1. The molecule has 0 fully saturated rings. The van der Waals surface area contributed by atoms with Crippen LogP contribution in [0.4, 0.5) is 0 Å². The summed E-state index contributed by atoms with van der Waals surface area (Å²) in [5.74, 6) is 0. The molecule has 7 heteroatoms. The second-order valence-corrected chi connectivity index (χ2v) is 2.87. The summed E-state index contributed by atoms with van der Waals surface area (Å²) in [4.78, 5) is 9.88. The molecule has 0 aliphatic carbocycles. The predicted octanol–water partition coefficient (Wildman–Crippen LogP) is -3.34. The molecule has 0 spiro atoms. The topological polar surface area (TPSA) is 80.0 Å². The molecule has 0 aromatic rings. The molecule has 2 N–H and O–H groups in total. The van der Waals surface area contributed by atoms with Crippen molar-refractivity contribution in [2.24, 2.45) is 5.73 Å².